The topological polar surface area (TPSA) is 86.9 Å². The van der Waals surface area contributed by atoms with E-state index in [2.05, 4.69) is 25.5 Å². The number of hydrogen-bond acceptors (Lipinski definition) is 5. The van der Waals surface area contributed by atoms with Gasteiger partial charge in [-0.05, 0) is 39.6 Å². The van der Waals surface area contributed by atoms with Crippen LogP contribution in [0.1, 0.15) is 5.56 Å². The molecule has 1 aromatic heterocycles. The molecule has 0 bridgehead atoms. The first kappa shape index (κ1) is 11.7. The van der Waals surface area contributed by atoms with Gasteiger partial charge < -0.3 is 5.11 Å². The predicted octanol–water partition coefficient (Wildman–Crippen LogP) is 2.45. The molecule has 84 valence electrons. The number of benzene rings is 1. The molecule has 0 unspecified atom stereocenters. The van der Waals surface area contributed by atoms with Gasteiger partial charge in [-0.2, -0.15) is 5.26 Å². The number of nitriles is 1. The van der Waals surface area contributed by atoms with Crippen molar-refractivity contribution in [1.82, 2.24) is 9.59 Å². The molecule has 2 aromatic rings. The molecule has 0 spiro atoms. The smallest absolute Gasteiger partial charge is 0.346 e. The zero-order valence-electron chi connectivity index (χ0n) is 8.22. The van der Waals surface area contributed by atoms with Gasteiger partial charge in [-0.15, -0.1) is 5.10 Å². The molecule has 1 N–H and O–H groups in total. The van der Waals surface area contributed by atoms with E-state index in [1.54, 1.807) is 18.2 Å². The van der Waals surface area contributed by atoms with Crippen molar-refractivity contribution < 1.29 is 9.90 Å². The highest BCUT2D eigenvalue weighted by Gasteiger charge is 2.11. The number of rotatable bonds is 2. The SMILES string of the molecule is N#CC(=Cc1ccc(Br)c2snnc12)C(=O)O. The summed E-state index contributed by atoms with van der Waals surface area (Å²) in [5.74, 6) is -1.26. The maximum atomic E-state index is 10.7. The summed E-state index contributed by atoms with van der Waals surface area (Å²) in [6, 6.07) is 5.08. The highest BCUT2D eigenvalue weighted by atomic mass is 79.9. The van der Waals surface area contributed by atoms with Crippen LogP contribution in [-0.2, 0) is 4.79 Å². The summed E-state index contributed by atoms with van der Waals surface area (Å²) in [7, 11) is 0. The average molecular weight is 310 g/mol. The molecule has 0 aliphatic carbocycles. The second-order valence-corrected chi connectivity index (χ2v) is 4.67. The molecule has 0 amide bonds. The number of fused-ring (bicyclic) bond motifs is 1. The Hall–Kier alpha value is -1.78. The van der Waals surface area contributed by atoms with Gasteiger partial charge in [-0.1, -0.05) is 10.6 Å². The number of aliphatic carboxylic acids is 1. The zero-order valence-corrected chi connectivity index (χ0v) is 10.6. The summed E-state index contributed by atoms with van der Waals surface area (Å²) in [5.41, 5.74) is 0.816. The van der Waals surface area contributed by atoms with Crippen molar-refractivity contribution in [3.63, 3.8) is 0 Å². The first-order valence-corrected chi connectivity index (χ1v) is 5.96. The number of carboxylic acid groups (broad SMARTS) is 1. The third-order valence-corrected chi connectivity index (χ3v) is 3.72. The molecule has 1 heterocycles. The van der Waals surface area contributed by atoms with E-state index in [1.165, 1.54) is 17.6 Å². The van der Waals surface area contributed by atoms with E-state index in [9.17, 15) is 4.79 Å². The predicted molar refractivity (Wildman–Crippen MR) is 66.3 cm³/mol. The normalized spacial score (nSPS) is 11.4. The van der Waals surface area contributed by atoms with Gasteiger partial charge in [-0.25, -0.2) is 4.79 Å². The van der Waals surface area contributed by atoms with Crippen LogP contribution in [0.25, 0.3) is 16.3 Å². The third-order valence-electron chi connectivity index (χ3n) is 2.04. The Morgan fingerprint density at radius 1 is 1.59 bits per heavy atom. The largest absolute Gasteiger partial charge is 0.477 e. The van der Waals surface area contributed by atoms with Crippen molar-refractivity contribution in [2.45, 2.75) is 0 Å². The van der Waals surface area contributed by atoms with Gasteiger partial charge in [0.05, 0.1) is 4.70 Å². The van der Waals surface area contributed by atoms with Crippen LogP contribution in [0.2, 0.25) is 0 Å². The lowest BCUT2D eigenvalue weighted by atomic mass is 10.1. The van der Waals surface area contributed by atoms with Crippen molar-refractivity contribution in [2.24, 2.45) is 0 Å². The molecule has 2 rings (SSSR count). The van der Waals surface area contributed by atoms with Gasteiger partial charge in [0, 0.05) is 10.0 Å². The summed E-state index contributed by atoms with van der Waals surface area (Å²) in [6.45, 7) is 0. The Balaban J connectivity index is 2.65. The van der Waals surface area contributed by atoms with Gasteiger partial charge in [0.2, 0.25) is 0 Å². The number of carboxylic acids is 1. The number of hydrogen-bond donors (Lipinski definition) is 1. The molecule has 1 aromatic carbocycles. The van der Waals surface area contributed by atoms with Gasteiger partial charge in [0.1, 0.15) is 17.2 Å². The second-order valence-electron chi connectivity index (χ2n) is 3.06. The first-order valence-electron chi connectivity index (χ1n) is 4.39. The van der Waals surface area contributed by atoms with Crippen LogP contribution in [0.5, 0.6) is 0 Å². The molecule has 0 fully saturated rings. The van der Waals surface area contributed by atoms with Crippen molar-refractivity contribution in [1.29, 1.82) is 5.26 Å². The lowest BCUT2D eigenvalue weighted by Gasteiger charge is -1.97. The molecule has 0 saturated heterocycles. The number of halogens is 1. The minimum Gasteiger partial charge on any atom is -0.477 e. The van der Waals surface area contributed by atoms with E-state index in [1.807, 2.05) is 0 Å². The summed E-state index contributed by atoms with van der Waals surface area (Å²) in [4.78, 5) is 10.7. The fourth-order valence-electron chi connectivity index (χ4n) is 1.27. The molecule has 5 nitrogen and oxygen atoms in total. The van der Waals surface area contributed by atoms with E-state index in [0.29, 0.717) is 11.1 Å². The molecular weight excluding hydrogens is 306 g/mol. The number of nitrogens with zero attached hydrogens (tertiary/aromatic N) is 3. The fourth-order valence-corrected chi connectivity index (χ4v) is 2.41. The molecular formula is C10H4BrN3O2S. The van der Waals surface area contributed by atoms with Crippen LogP contribution in [-0.4, -0.2) is 20.7 Å². The monoisotopic (exact) mass is 309 g/mol. The van der Waals surface area contributed by atoms with Gasteiger partial charge in [-0.3, -0.25) is 0 Å². The molecule has 0 saturated carbocycles. The molecule has 0 atom stereocenters. The van der Waals surface area contributed by atoms with Crippen LogP contribution in [0.15, 0.2) is 22.2 Å². The van der Waals surface area contributed by atoms with Crippen molar-refractivity contribution in [3.8, 4) is 6.07 Å². The molecule has 0 aliphatic rings. The van der Waals surface area contributed by atoms with Crippen molar-refractivity contribution >= 4 is 49.7 Å². The Bertz CT molecular complexity index is 672. The van der Waals surface area contributed by atoms with E-state index < -0.39 is 5.97 Å². The Morgan fingerprint density at radius 3 is 3.00 bits per heavy atom. The van der Waals surface area contributed by atoms with Crippen LogP contribution >= 0.6 is 27.5 Å². The second kappa shape index (κ2) is 4.61. The van der Waals surface area contributed by atoms with Crippen LogP contribution in [0.4, 0.5) is 0 Å². The van der Waals surface area contributed by atoms with E-state index >= 15 is 0 Å². The van der Waals surface area contributed by atoms with E-state index in [4.69, 9.17) is 10.4 Å². The minimum absolute atomic E-state index is 0.332. The Labute approximate surface area is 108 Å². The minimum atomic E-state index is -1.26. The van der Waals surface area contributed by atoms with Gasteiger partial charge >= 0.3 is 5.97 Å². The maximum Gasteiger partial charge on any atom is 0.346 e. The Morgan fingerprint density at radius 2 is 2.35 bits per heavy atom. The van der Waals surface area contributed by atoms with Crippen LogP contribution in [0, 0.1) is 11.3 Å². The van der Waals surface area contributed by atoms with Gasteiger partial charge in [0.15, 0.2) is 0 Å². The van der Waals surface area contributed by atoms with Crippen LogP contribution in [0.3, 0.4) is 0 Å². The highest BCUT2D eigenvalue weighted by Crippen LogP contribution is 2.29. The summed E-state index contributed by atoms with van der Waals surface area (Å²) < 4.78 is 5.46. The van der Waals surface area contributed by atoms with Crippen LogP contribution < -0.4 is 0 Å². The summed E-state index contributed by atoms with van der Waals surface area (Å²) in [6.07, 6.45) is 1.29. The average Bonchev–Trinajstić information content (AvgIpc) is 2.78. The fraction of sp³-hybridized carbons (Fsp3) is 0. The standard InChI is InChI=1S/C10H4BrN3O2S/c11-7-2-1-5(3-6(4-12)10(15)16)8-9(7)17-14-13-8/h1-3H,(H,15,16). The van der Waals surface area contributed by atoms with E-state index in [0.717, 1.165) is 9.17 Å². The van der Waals surface area contributed by atoms with E-state index in [-0.39, 0.29) is 5.57 Å². The summed E-state index contributed by atoms with van der Waals surface area (Å²) in [5, 5.41) is 21.4. The number of aromatic nitrogens is 2. The zero-order chi connectivity index (χ0) is 12.4. The molecule has 17 heavy (non-hydrogen) atoms. The highest BCUT2D eigenvalue weighted by molar-refractivity contribution is 9.10. The molecule has 7 heteroatoms. The van der Waals surface area contributed by atoms with Gasteiger partial charge in [0.25, 0.3) is 0 Å². The first-order chi connectivity index (χ1) is 8.13. The van der Waals surface area contributed by atoms with Crippen molar-refractivity contribution in [3.05, 3.63) is 27.7 Å². The Kier molecular flexibility index (Phi) is 3.17. The third kappa shape index (κ3) is 2.18. The lowest BCUT2D eigenvalue weighted by Crippen LogP contribution is -1.97. The molecule has 0 aliphatic heterocycles. The lowest BCUT2D eigenvalue weighted by molar-refractivity contribution is -0.132. The summed E-state index contributed by atoms with van der Waals surface area (Å²) >= 11 is 4.55. The number of carbonyl (C=O) groups is 1. The van der Waals surface area contributed by atoms with Crippen molar-refractivity contribution in [2.75, 3.05) is 0 Å². The maximum absolute atomic E-state index is 10.7. The molecule has 0 radical (unpaired) electrons. The quantitative estimate of drug-likeness (QED) is 0.680.